The van der Waals surface area contributed by atoms with Crippen LogP contribution in [-0.4, -0.2) is 83.1 Å². The summed E-state index contributed by atoms with van der Waals surface area (Å²) in [6.45, 7) is 3.21. The number of hydrogen-bond donors (Lipinski definition) is 2. The number of carbonyl (C=O) groups is 1. The minimum atomic E-state index is -4.13. The molecule has 1 amide bonds. The van der Waals surface area contributed by atoms with Gasteiger partial charge in [0.25, 0.3) is 15.9 Å². The molecule has 0 aliphatic carbocycles. The lowest BCUT2D eigenvalue weighted by atomic mass is 9.99. The summed E-state index contributed by atoms with van der Waals surface area (Å²) in [5.41, 5.74) is 0.0657. The van der Waals surface area contributed by atoms with Crippen LogP contribution in [0.15, 0.2) is 76.5 Å². The van der Waals surface area contributed by atoms with Crippen LogP contribution in [0.5, 0.6) is 11.5 Å². The Hall–Kier alpha value is -3.36. The minimum absolute atomic E-state index is 0.000538. The molecular formula is C29H34ClN3O8S2. The van der Waals surface area contributed by atoms with Crippen LogP contribution in [0.2, 0.25) is 5.02 Å². The number of nitrogens with one attached hydrogen (secondary N) is 1. The number of likely N-dealkylation sites (N-methyl/N-ethyl adjacent to an activating group) is 1. The maximum atomic E-state index is 13.7. The molecule has 0 spiro atoms. The number of methoxy groups -OCH3 is 1. The number of benzene rings is 3. The molecule has 1 heterocycles. The van der Waals surface area contributed by atoms with Gasteiger partial charge in [-0.05, 0) is 67.6 Å². The van der Waals surface area contributed by atoms with Crippen molar-refractivity contribution in [2.45, 2.75) is 35.8 Å². The number of carbonyl (C=O) groups excluding carboxylic acids is 1. The summed E-state index contributed by atoms with van der Waals surface area (Å²) in [4.78, 5) is 15.2. The van der Waals surface area contributed by atoms with Gasteiger partial charge in [-0.1, -0.05) is 24.6 Å². The zero-order chi connectivity index (χ0) is 31.5. The van der Waals surface area contributed by atoms with Gasteiger partial charge in [-0.3, -0.25) is 9.52 Å². The van der Waals surface area contributed by atoms with E-state index in [1.165, 1.54) is 85.8 Å². The van der Waals surface area contributed by atoms with Gasteiger partial charge in [0.1, 0.15) is 11.9 Å². The van der Waals surface area contributed by atoms with Crippen molar-refractivity contribution in [2.75, 3.05) is 38.6 Å². The molecule has 1 aliphatic rings. The highest BCUT2D eigenvalue weighted by Crippen LogP contribution is 2.36. The molecule has 0 saturated heterocycles. The molecule has 3 aromatic carbocycles. The van der Waals surface area contributed by atoms with E-state index >= 15 is 0 Å². The highest BCUT2D eigenvalue weighted by atomic mass is 35.5. The molecule has 0 unspecified atom stereocenters. The van der Waals surface area contributed by atoms with Gasteiger partial charge in [0.2, 0.25) is 10.0 Å². The highest BCUT2D eigenvalue weighted by Gasteiger charge is 2.36. The Morgan fingerprint density at radius 1 is 1.07 bits per heavy atom. The Kier molecular flexibility index (Phi) is 9.92. The van der Waals surface area contributed by atoms with Crippen LogP contribution in [0.3, 0.4) is 0 Å². The molecule has 11 nitrogen and oxygen atoms in total. The Morgan fingerprint density at radius 2 is 1.70 bits per heavy atom. The average molecular weight is 652 g/mol. The number of para-hydroxylation sites is 1. The zero-order valence-corrected chi connectivity index (χ0v) is 26.5. The van der Waals surface area contributed by atoms with E-state index in [4.69, 9.17) is 21.1 Å². The molecule has 43 heavy (non-hydrogen) atoms. The molecular weight excluding hydrogens is 618 g/mol. The molecule has 0 fully saturated rings. The lowest BCUT2D eigenvalue weighted by Crippen LogP contribution is -2.50. The summed E-state index contributed by atoms with van der Waals surface area (Å²) in [6.07, 6.45) is -0.820. The topological polar surface area (TPSA) is 143 Å². The maximum Gasteiger partial charge on any atom is 0.262 e. The first-order valence-electron chi connectivity index (χ1n) is 13.4. The number of fused-ring (bicyclic) bond motifs is 1. The Labute approximate surface area is 257 Å². The minimum Gasteiger partial charge on any atom is -0.497 e. The molecule has 3 aromatic rings. The van der Waals surface area contributed by atoms with Crippen molar-refractivity contribution in [1.82, 2.24) is 9.21 Å². The Morgan fingerprint density at radius 3 is 2.30 bits per heavy atom. The Bertz CT molecular complexity index is 1670. The number of aliphatic hydroxyl groups excluding tert-OH is 1. The van der Waals surface area contributed by atoms with Crippen LogP contribution in [0.4, 0.5) is 5.69 Å². The van der Waals surface area contributed by atoms with E-state index in [1.54, 1.807) is 13.8 Å². The third kappa shape index (κ3) is 7.07. The molecule has 232 valence electrons. The number of halogens is 1. The van der Waals surface area contributed by atoms with Gasteiger partial charge >= 0.3 is 0 Å². The summed E-state index contributed by atoms with van der Waals surface area (Å²) in [6, 6.07) is 15.5. The number of anilines is 1. The molecule has 0 radical (unpaired) electrons. The molecule has 0 aromatic heterocycles. The predicted molar refractivity (Wildman–Crippen MR) is 163 cm³/mol. The van der Waals surface area contributed by atoms with Crippen LogP contribution in [0, 0.1) is 5.92 Å². The second-order valence-corrected chi connectivity index (χ2v) is 14.5. The second-order valence-electron chi connectivity index (χ2n) is 10.3. The van der Waals surface area contributed by atoms with Crippen molar-refractivity contribution in [3.8, 4) is 11.5 Å². The fourth-order valence-electron chi connectivity index (χ4n) is 4.64. The van der Waals surface area contributed by atoms with Crippen molar-refractivity contribution >= 4 is 43.2 Å². The number of hydrogen-bond acceptors (Lipinski definition) is 8. The molecule has 3 atom stereocenters. The lowest BCUT2D eigenvalue weighted by molar-refractivity contribution is 0.0389. The van der Waals surface area contributed by atoms with Crippen LogP contribution >= 0.6 is 11.6 Å². The third-order valence-corrected chi connectivity index (χ3v) is 10.7. The van der Waals surface area contributed by atoms with Crippen molar-refractivity contribution in [3.05, 3.63) is 77.3 Å². The number of aliphatic hydroxyl groups is 1. The zero-order valence-electron chi connectivity index (χ0n) is 24.1. The summed E-state index contributed by atoms with van der Waals surface area (Å²) in [5.74, 6) is -0.464. The SMILES string of the molecule is COc1ccc(S(=O)(=O)Nc2cccc3c2O[C@H](CN(C)S(=O)(=O)c2ccc(Cl)cc2)[C@@H](C)CN([C@H](C)CO)C3=O)cc1. The first-order chi connectivity index (χ1) is 20.3. The number of ether oxygens (including phenoxy) is 2. The van der Waals surface area contributed by atoms with Crippen molar-refractivity contribution in [2.24, 2.45) is 5.92 Å². The summed E-state index contributed by atoms with van der Waals surface area (Å²) in [5, 5.41) is 10.3. The van der Waals surface area contributed by atoms with E-state index in [0.717, 1.165) is 4.31 Å². The monoisotopic (exact) mass is 651 g/mol. The van der Waals surface area contributed by atoms with Gasteiger partial charge in [0, 0.05) is 24.5 Å². The van der Waals surface area contributed by atoms with E-state index in [0.29, 0.717) is 10.8 Å². The fourth-order valence-corrected chi connectivity index (χ4v) is 7.01. The number of rotatable bonds is 10. The van der Waals surface area contributed by atoms with Crippen molar-refractivity contribution < 1.29 is 36.2 Å². The third-order valence-electron chi connectivity index (χ3n) is 7.26. The summed E-state index contributed by atoms with van der Waals surface area (Å²) < 4.78 is 68.6. The largest absolute Gasteiger partial charge is 0.497 e. The van der Waals surface area contributed by atoms with Crippen LogP contribution < -0.4 is 14.2 Å². The predicted octanol–water partition coefficient (Wildman–Crippen LogP) is 3.69. The van der Waals surface area contributed by atoms with Crippen LogP contribution in [0.25, 0.3) is 0 Å². The maximum absolute atomic E-state index is 13.7. The standard InChI is InChI=1S/C29H34ClN3O8S2/c1-19-16-33(20(2)18-34)29(35)25-6-5-7-26(31-42(36,37)23-14-10-22(40-4)11-15-23)28(25)41-27(19)17-32(3)43(38,39)24-12-8-21(30)9-13-24/h5-15,19-20,27,31,34H,16-18H2,1-4H3/t19-,20+,27+/m0/s1. The van der Waals surface area contributed by atoms with Gasteiger partial charge in [0.15, 0.2) is 5.75 Å². The lowest BCUT2D eigenvalue weighted by Gasteiger charge is -2.38. The Balaban J connectivity index is 1.75. The number of nitrogens with zero attached hydrogens (tertiary/aromatic N) is 2. The molecule has 0 bridgehead atoms. The first kappa shape index (κ1) is 32.6. The molecule has 4 rings (SSSR count). The quantitative estimate of drug-likeness (QED) is 0.338. The first-order valence-corrected chi connectivity index (χ1v) is 16.7. The summed E-state index contributed by atoms with van der Waals surface area (Å²) in [7, 11) is -5.20. The average Bonchev–Trinajstić information content (AvgIpc) is 2.98. The van der Waals surface area contributed by atoms with Crippen molar-refractivity contribution in [1.29, 1.82) is 0 Å². The molecule has 14 heteroatoms. The van der Waals surface area contributed by atoms with Crippen molar-refractivity contribution in [3.63, 3.8) is 0 Å². The number of amides is 1. The number of sulfonamides is 2. The van der Waals surface area contributed by atoms with Gasteiger partial charge in [0.05, 0.1) is 47.3 Å². The van der Waals surface area contributed by atoms with E-state index in [9.17, 15) is 26.7 Å². The van der Waals surface area contributed by atoms with E-state index in [1.807, 2.05) is 0 Å². The van der Waals surface area contributed by atoms with Gasteiger partial charge < -0.3 is 19.5 Å². The molecule has 2 N–H and O–H groups in total. The summed E-state index contributed by atoms with van der Waals surface area (Å²) >= 11 is 5.94. The molecule has 1 aliphatic heterocycles. The van der Waals surface area contributed by atoms with E-state index < -0.39 is 44.0 Å². The molecule has 0 saturated carbocycles. The van der Waals surface area contributed by atoms with Crippen LogP contribution in [0.1, 0.15) is 24.2 Å². The van der Waals surface area contributed by atoms with Gasteiger partial charge in [-0.15, -0.1) is 0 Å². The van der Waals surface area contributed by atoms with E-state index in [2.05, 4.69) is 4.72 Å². The highest BCUT2D eigenvalue weighted by molar-refractivity contribution is 7.92. The second kappa shape index (κ2) is 13.1. The normalized spacial score (nSPS) is 18.3. The van der Waals surface area contributed by atoms with Gasteiger partial charge in [-0.25, -0.2) is 16.8 Å². The fraction of sp³-hybridized carbons (Fsp3) is 0.345. The van der Waals surface area contributed by atoms with Crippen LogP contribution in [-0.2, 0) is 20.0 Å². The van der Waals surface area contributed by atoms with Gasteiger partial charge in [-0.2, -0.15) is 4.31 Å². The smallest absolute Gasteiger partial charge is 0.262 e. The van der Waals surface area contributed by atoms with E-state index in [-0.39, 0.29) is 46.5 Å².